The van der Waals surface area contributed by atoms with Crippen molar-refractivity contribution in [3.05, 3.63) is 66.5 Å². The molecule has 0 saturated heterocycles. The standard InChI is InChI=1S/C22H24N3/c1-5-22(4)21(2,3)18-14-10-9-13-17(18)20-24-19(23-15-25(20)22)16-11-7-6-8-12-16/h6-15H,5H2,1-4H3/q+1. The van der Waals surface area contributed by atoms with Crippen LogP contribution in [0.2, 0.25) is 0 Å². The Morgan fingerprint density at radius 3 is 2.32 bits per heavy atom. The number of benzene rings is 2. The van der Waals surface area contributed by atoms with Crippen LogP contribution in [-0.4, -0.2) is 9.97 Å². The van der Waals surface area contributed by atoms with Crippen LogP contribution in [0.25, 0.3) is 22.8 Å². The average Bonchev–Trinajstić information content (AvgIpc) is 2.66. The summed E-state index contributed by atoms with van der Waals surface area (Å²) in [7, 11) is 0. The minimum atomic E-state index is -0.0775. The zero-order valence-corrected chi connectivity index (χ0v) is 15.3. The normalized spacial score (nSPS) is 20.6. The molecule has 4 rings (SSSR count). The molecule has 0 spiro atoms. The zero-order valence-electron chi connectivity index (χ0n) is 15.3. The van der Waals surface area contributed by atoms with Crippen LogP contribution in [0.15, 0.2) is 60.9 Å². The first-order valence-corrected chi connectivity index (χ1v) is 8.93. The summed E-state index contributed by atoms with van der Waals surface area (Å²) in [4.78, 5) is 9.68. The van der Waals surface area contributed by atoms with Gasteiger partial charge in [0.25, 0.3) is 5.82 Å². The molecule has 0 amide bonds. The van der Waals surface area contributed by atoms with Gasteiger partial charge in [-0.1, -0.05) is 67.1 Å². The molecule has 25 heavy (non-hydrogen) atoms. The Bertz CT molecular complexity index is 931. The molecule has 3 nitrogen and oxygen atoms in total. The molecule has 1 unspecified atom stereocenters. The average molecular weight is 330 g/mol. The van der Waals surface area contributed by atoms with Crippen LogP contribution in [0.3, 0.4) is 0 Å². The third-order valence-electron chi connectivity index (χ3n) is 6.18. The van der Waals surface area contributed by atoms with Crippen molar-refractivity contribution in [2.75, 3.05) is 0 Å². The summed E-state index contributed by atoms with van der Waals surface area (Å²) in [6, 6.07) is 18.8. The van der Waals surface area contributed by atoms with Gasteiger partial charge in [-0.05, 0) is 37.1 Å². The fraction of sp³-hybridized carbons (Fsp3) is 0.318. The summed E-state index contributed by atoms with van der Waals surface area (Å²) in [5.74, 6) is 1.79. The van der Waals surface area contributed by atoms with Gasteiger partial charge in [0.2, 0.25) is 6.33 Å². The first-order chi connectivity index (χ1) is 12.0. The van der Waals surface area contributed by atoms with E-state index in [9.17, 15) is 0 Å². The Morgan fingerprint density at radius 1 is 0.920 bits per heavy atom. The lowest BCUT2D eigenvalue weighted by atomic mass is 9.64. The van der Waals surface area contributed by atoms with E-state index in [-0.39, 0.29) is 11.0 Å². The van der Waals surface area contributed by atoms with Crippen LogP contribution in [0.1, 0.15) is 39.7 Å². The first-order valence-electron chi connectivity index (χ1n) is 8.93. The van der Waals surface area contributed by atoms with Gasteiger partial charge in [0.15, 0.2) is 0 Å². The minimum Gasteiger partial charge on any atom is -0.227 e. The van der Waals surface area contributed by atoms with Gasteiger partial charge in [-0.15, -0.1) is 0 Å². The second-order valence-corrected chi connectivity index (χ2v) is 7.54. The largest absolute Gasteiger partial charge is 0.307 e. The van der Waals surface area contributed by atoms with Crippen molar-refractivity contribution in [2.45, 2.75) is 45.1 Å². The van der Waals surface area contributed by atoms with Crippen molar-refractivity contribution >= 4 is 0 Å². The number of aromatic nitrogens is 3. The molecule has 126 valence electrons. The van der Waals surface area contributed by atoms with E-state index in [1.807, 2.05) is 24.5 Å². The van der Waals surface area contributed by atoms with Crippen LogP contribution < -0.4 is 4.57 Å². The van der Waals surface area contributed by atoms with Gasteiger partial charge < -0.3 is 0 Å². The molecule has 0 bridgehead atoms. The second kappa shape index (κ2) is 5.48. The molecule has 1 aliphatic heterocycles. The van der Waals surface area contributed by atoms with Gasteiger partial charge in [0, 0.05) is 5.41 Å². The summed E-state index contributed by atoms with van der Waals surface area (Å²) in [5, 5.41) is 0. The summed E-state index contributed by atoms with van der Waals surface area (Å²) in [5.41, 5.74) is 3.53. The van der Waals surface area contributed by atoms with E-state index in [0.717, 1.165) is 23.6 Å². The van der Waals surface area contributed by atoms with E-state index in [4.69, 9.17) is 9.97 Å². The highest BCUT2D eigenvalue weighted by Crippen LogP contribution is 2.46. The van der Waals surface area contributed by atoms with Crippen LogP contribution in [0.4, 0.5) is 0 Å². The molecule has 2 heterocycles. The number of nitrogens with zero attached hydrogens (tertiary/aromatic N) is 3. The highest BCUT2D eigenvalue weighted by atomic mass is 15.2. The zero-order chi connectivity index (χ0) is 17.7. The number of fused-ring (bicyclic) bond motifs is 3. The van der Waals surface area contributed by atoms with E-state index in [1.165, 1.54) is 11.1 Å². The van der Waals surface area contributed by atoms with Crippen LogP contribution in [0.5, 0.6) is 0 Å². The van der Waals surface area contributed by atoms with Crippen molar-refractivity contribution in [3.8, 4) is 22.8 Å². The third kappa shape index (κ3) is 2.15. The second-order valence-electron chi connectivity index (χ2n) is 7.54. The van der Waals surface area contributed by atoms with Crippen molar-refractivity contribution in [2.24, 2.45) is 0 Å². The van der Waals surface area contributed by atoms with Gasteiger partial charge in [-0.3, -0.25) is 0 Å². The number of hydrogen-bond donors (Lipinski definition) is 0. The van der Waals surface area contributed by atoms with E-state index >= 15 is 0 Å². The van der Waals surface area contributed by atoms with E-state index in [2.05, 4.69) is 68.7 Å². The van der Waals surface area contributed by atoms with Crippen LogP contribution >= 0.6 is 0 Å². The molecule has 2 aromatic carbocycles. The SMILES string of the molecule is CCC1(C)[n+]2cnc(-c3ccccc3)nc2-c2ccccc2C1(C)C. The number of rotatable bonds is 2. The lowest BCUT2D eigenvalue weighted by Gasteiger charge is -2.46. The van der Waals surface area contributed by atoms with Crippen molar-refractivity contribution in [1.82, 2.24) is 9.97 Å². The fourth-order valence-corrected chi connectivity index (χ4v) is 4.05. The Kier molecular flexibility index (Phi) is 3.50. The molecule has 1 aromatic heterocycles. The predicted molar refractivity (Wildman–Crippen MR) is 100 cm³/mol. The van der Waals surface area contributed by atoms with Gasteiger partial charge in [-0.2, -0.15) is 0 Å². The first kappa shape index (κ1) is 15.9. The summed E-state index contributed by atoms with van der Waals surface area (Å²) in [6.45, 7) is 9.22. The maximum Gasteiger partial charge on any atom is 0.307 e. The third-order valence-corrected chi connectivity index (χ3v) is 6.18. The molecule has 0 radical (unpaired) electrons. The van der Waals surface area contributed by atoms with Gasteiger partial charge in [0.05, 0.1) is 16.7 Å². The van der Waals surface area contributed by atoms with Gasteiger partial charge in [0.1, 0.15) is 0 Å². The highest BCUT2D eigenvalue weighted by Gasteiger charge is 2.51. The molecule has 1 atom stereocenters. The Balaban J connectivity index is 2.02. The molecule has 0 aliphatic carbocycles. The summed E-state index contributed by atoms with van der Waals surface area (Å²) < 4.78 is 2.28. The number of hydrogen-bond acceptors (Lipinski definition) is 2. The molecule has 1 aliphatic rings. The predicted octanol–water partition coefficient (Wildman–Crippen LogP) is 4.51. The van der Waals surface area contributed by atoms with Crippen molar-refractivity contribution in [1.29, 1.82) is 0 Å². The molecular weight excluding hydrogens is 306 g/mol. The monoisotopic (exact) mass is 330 g/mol. The maximum absolute atomic E-state index is 4.99. The van der Waals surface area contributed by atoms with Crippen molar-refractivity contribution in [3.63, 3.8) is 0 Å². The van der Waals surface area contributed by atoms with E-state index in [1.54, 1.807) is 0 Å². The van der Waals surface area contributed by atoms with Crippen LogP contribution in [-0.2, 0) is 11.0 Å². The molecule has 3 aromatic rings. The molecule has 0 fully saturated rings. The topological polar surface area (TPSA) is 29.7 Å². The quantitative estimate of drug-likeness (QED) is 0.647. The highest BCUT2D eigenvalue weighted by molar-refractivity contribution is 5.64. The smallest absolute Gasteiger partial charge is 0.227 e. The Hall–Kier alpha value is -2.55. The summed E-state index contributed by atoms with van der Waals surface area (Å²) in [6.07, 6.45) is 2.99. The minimum absolute atomic E-state index is 0.00632. The molecule has 3 heteroatoms. The maximum atomic E-state index is 4.99. The molecular formula is C22H24N3+. The fourth-order valence-electron chi connectivity index (χ4n) is 4.05. The lowest BCUT2D eigenvalue weighted by molar-refractivity contribution is -0.768. The van der Waals surface area contributed by atoms with Gasteiger partial charge >= 0.3 is 5.82 Å². The van der Waals surface area contributed by atoms with Crippen molar-refractivity contribution < 1.29 is 4.57 Å². The molecule has 0 N–H and O–H groups in total. The Labute approximate surface area is 149 Å². The van der Waals surface area contributed by atoms with E-state index in [0.29, 0.717) is 0 Å². The lowest BCUT2D eigenvalue weighted by Crippen LogP contribution is -2.67. The Morgan fingerprint density at radius 2 is 1.60 bits per heavy atom. The summed E-state index contributed by atoms with van der Waals surface area (Å²) >= 11 is 0. The molecule has 0 saturated carbocycles. The van der Waals surface area contributed by atoms with Gasteiger partial charge in [-0.25, -0.2) is 4.57 Å². The van der Waals surface area contributed by atoms with E-state index < -0.39 is 0 Å². The van der Waals surface area contributed by atoms with Crippen LogP contribution in [0, 0.1) is 0 Å².